The summed E-state index contributed by atoms with van der Waals surface area (Å²) in [5.74, 6) is 0.805. The van der Waals surface area contributed by atoms with Crippen LogP contribution in [0.5, 0.6) is 5.75 Å². The smallest absolute Gasteiger partial charge is 0.305 e. The molecule has 1 aromatic carbocycles. The number of methoxy groups -OCH3 is 1. The number of piperidine rings is 1. The van der Waals surface area contributed by atoms with E-state index in [0.717, 1.165) is 47.1 Å². The minimum atomic E-state index is 0.00516. The van der Waals surface area contributed by atoms with E-state index in [-0.39, 0.29) is 4.87 Å². The Morgan fingerprint density at radius 3 is 2.77 bits per heavy atom. The molecule has 2 heterocycles. The summed E-state index contributed by atoms with van der Waals surface area (Å²) >= 11 is 1.32. The predicted octanol–water partition coefficient (Wildman–Crippen LogP) is 3.41. The van der Waals surface area contributed by atoms with Crippen LogP contribution in [0.25, 0.3) is 11.3 Å². The van der Waals surface area contributed by atoms with E-state index in [2.05, 4.69) is 22.9 Å². The van der Waals surface area contributed by atoms with Crippen LogP contribution >= 0.6 is 11.3 Å². The number of aryl methyl sites for hydroxylation is 1. The molecule has 22 heavy (non-hydrogen) atoms. The number of hydrogen-bond donors (Lipinski definition) is 1. The Bertz CT molecular complexity index is 699. The van der Waals surface area contributed by atoms with Crippen molar-refractivity contribution in [1.82, 2.24) is 9.88 Å². The van der Waals surface area contributed by atoms with Gasteiger partial charge in [0.25, 0.3) is 0 Å². The van der Waals surface area contributed by atoms with Gasteiger partial charge in [-0.15, -0.1) is 0 Å². The number of hydrogen-bond acceptors (Lipinski definition) is 4. The van der Waals surface area contributed by atoms with Gasteiger partial charge in [-0.3, -0.25) is 9.69 Å². The van der Waals surface area contributed by atoms with E-state index < -0.39 is 0 Å². The maximum absolute atomic E-state index is 11.9. The van der Waals surface area contributed by atoms with Gasteiger partial charge in [0.1, 0.15) is 5.75 Å². The number of ether oxygens (including phenoxy) is 1. The molecule has 1 fully saturated rings. The molecule has 1 saturated heterocycles. The molecule has 118 valence electrons. The minimum Gasteiger partial charge on any atom is -0.496 e. The van der Waals surface area contributed by atoms with Crippen LogP contribution in [-0.4, -0.2) is 30.1 Å². The molecule has 1 aromatic heterocycles. The Morgan fingerprint density at radius 2 is 2.05 bits per heavy atom. The zero-order valence-corrected chi connectivity index (χ0v) is 14.0. The van der Waals surface area contributed by atoms with Crippen molar-refractivity contribution in [3.8, 4) is 17.0 Å². The Morgan fingerprint density at radius 1 is 1.27 bits per heavy atom. The summed E-state index contributed by atoms with van der Waals surface area (Å²) in [6.45, 7) is 5.14. The van der Waals surface area contributed by atoms with E-state index in [1.54, 1.807) is 7.11 Å². The van der Waals surface area contributed by atoms with Crippen LogP contribution in [0.15, 0.2) is 23.0 Å². The van der Waals surface area contributed by atoms with Gasteiger partial charge in [0, 0.05) is 17.0 Å². The highest BCUT2D eigenvalue weighted by Crippen LogP contribution is 2.33. The highest BCUT2D eigenvalue weighted by atomic mass is 32.1. The third-order valence-corrected chi connectivity index (χ3v) is 5.03. The normalized spacial score (nSPS) is 15.9. The molecule has 0 bridgehead atoms. The number of H-pyrrole nitrogens is 1. The second kappa shape index (κ2) is 6.67. The maximum Gasteiger partial charge on any atom is 0.305 e. The van der Waals surface area contributed by atoms with E-state index in [1.165, 1.54) is 30.6 Å². The predicted molar refractivity (Wildman–Crippen MR) is 90.8 cm³/mol. The van der Waals surface area contributed by atoms with Gasteiger partial charge in [-0.2, -0.15) is 0 Å². The first-order valence-electron chi connectivity index (χ1n) is 7.77. The lowest BCUT2D eigenvalue weighted by Gasteiger charge is -2.26. The van der Waals surface area contributed by atoms with Crippen molar-refractivity contribution in [2.45, 2.75) is 32.7 Å². The molecule has 0 aliphatic carbocycles. The molecule has 1 aliphatic heterocycles. The number of benzene rings is 1. The number of aromatic nitrogens is 1. The van der Waals surface area contributed by atoms with E-state index >= 15 is 0 Å². The van der Waals surface area contributed by atoms with Crippen LogP contribution in [0.2, 0.25) is 0 Å². The fourth-order valence-corrected chi connectivity index (χ4v) is 3.91. The van der Waals surface area contributed by atoms with Crippen molar-refractivity contribution >= 4 is 11.3 Å². The maximum atomic E-state index is 11.9. The molecule has 5 heteroatoms. The fourth-order valence-electron chi connectivity index (χ4n) is 3.03. The standard InChI is InChI=1S/C17H22N2O2S/c1-12-6-7-14(21-2)13(10-12)16-15(22-17(20)18-16)11-19-8-4-3-5-9-19/h6-7,10H,3-5,8-9,11H2,1-2H3,(H,18,20). The van der Waals surface area contributed by atoms with Gasteiger partial charge in [0.05, 0.1) is 12.8 Å². The zero-order valence-electron chi connectivity index (χ0n) is 13.1. The molecule has 0 unspecified atom stereocenters. The summed E-state index contributed by atoms with van der Waals surface area (Å²) in [4.78, 5) is 18.5. The van der Waals surface area contributed by atoms with Gasteiger partial charge in [-0.05, 0) is 45.0 Å². The third-order valence-electron chi connectivity index (χ3n) is 4.16. The summed E-state index contributed by atoms with van der Waals surface area (Å²) in [6, 6.07) is 6.07. The molecule has 1 aliphatic rings. The largest absolute Gasteiger partial charge is 0.496 e. The van der Waals surface area contributed by atoms with Gasteiger partial charge in [-0.25, -0.2) is 0 Å². The van der Waals surface area contributed by atoms with E-state index in [9.17, 15) is 4.79 Å². The van der Waals surface area contributed by atoms with Gasteiger partial charge in [0.15, 0.2) is 0 Å². The average molecular weight is 318 g/mol. The quantitative estimate of drug-likeness (QED) is 0.939. The lowest BCUT2D eigenvalue weighted by atomic mass is 10.1. The monoisotopic (exact) mass is 318 g/mol. The van der Waals surface area contributed by atoms with Crippen LogP contribution in [0, 0.1) is 6.92 Å². The van der Waals surface area contributed by atoms with Crippen molar-refractivity contribution < 1.29 is 4.74 Å². The molecule has 0 atom stereocenters. The number of nitrogens with one attached hydrogen (secondary N) is 1. The van der Waals surface area contributed by atoms with Crippen LogP contribution in [0.1, 0.15) is 29.7 Å². The summed E-state index contributed by atoms with van der Waals surface area (Å²) in [6.07, 6.45) is 3.82. The molecule has 2 aromatic rings. The molecule has 0 spiro atoms. The van der Waals surface area contributed by atoms with Crippen molar-refractivity contribution in [3.63, 3.8) is 0 Å². The van der Waals surface area contributed by atoms with E-state index in [1.807, 2.05) is 12.1 Å². The van der Waals surface area contributed by atoms with Crippen molar-refractivity contribution in [3.05, 3.63) is 38.3 Å². The number of likely N-dealkylation sites (tertiary alicyclic amines) is 1. The van der Waals surface area contributed by atoms with Crippen molar-refractivity contribution in [2.75, 3.05) is 20.2 Å². The second-order valence-electron chi connectivity index (χ2n) is 5.85. The van der Waals surface area contributed by atoms with E-state index in [0.29, 0.717) is 0 Å². The number of rotatable bonds is 4. The summed E-state index contributed by atoms with van der Waals surface area (Å²) in [5.41, 5.74) is 3.06. The Hall–Kier alpha value is -1.59. The number of thiazole rings is 1. The second-order valence-corrected chi connectivity index (χ2v) is 6.92. The first-order chi connectivity index (χ1) is 10.7. The number of nitrogens with zero attached hydrogens (tertiary/aromatic N) is 1. The molecule has 0 saturated carbocycles. The highest BCUT2D eigenvalue weighted by molar-refractivity contribution is 7.09. The summed E-state index contributed by atoms with van der Waals surface area (Å²) in [7, 11) is 1.67. The zero-order chi connectivity index (χ0) is 15.5. The molecule has 4 nitrogen and oxygen atoms in total. The van der Waals surface area contributed by atoms with Crippen molar-refractivity contribution in [1.29, 1.82) is 0 Å². The van der Waals surface area contributed by atoms with Gasteiger partial charge in [0.2, 0.25) is 0 Å². The summed E-state index contributed by atoms with van der Waals surface area (Å²) in [5, 5.41) is 0. The first-order valence-corrected chi connectivity index (χ1v) is 8.58. The minimum absolute atomic E-state index is 0.00516. The molecular formula is C17H22N2O2S. The van der Waals surface area contributed by atoms with Crippen LogP contribution in [0.3, 0.4) is 0 Å². The first kappa shape index (κ1) is 15.3. The lowest BCUT2D eigenvalue weighted by molar-refractivity contribution is 0.223. The molecule has 1 N–H and O–H groups in total. The average Bonchev–Trinajstić information content (AvgIpc) is 2.88. The van der Waals surface area contributed by atoms with Crippen LogP contribution < -0.4 is 9.61 Å². The molecular weight excluding hydrogens is 296 g/mol. The molecule has 3 rings (SSSR count). The van der Waals surface area contributed by atoms with E-state index in [4.69, 9.17) is 4.74 Å². The molecule has 0 radical (unpaired) electrons. The van der Waals surface area contributed by atoms with Gasteiger partial charge >= 0.3 is 4.87 Å². The highest BCUT2D eigenvalue weighted by Gasteiger charge is 2.18. The SMILES string of the molecule is COc1ccc(C)cc1-c1[nH]c(=O)sc1CN1CCCCC1. The van der Waals surface area contributed by atoms with Crippen LogP contribution in [-0.2, 0) is 6.54 Å². The topological polar surface area (TPSA) is 45.3 Å². The Kier molecular flexibility index (Phi) is 4.64. The fraction of sp³-hybridized carbons (Fsp3) is 0.471. The van der Waals surface area contributed by atoms with Crippen molar-refractivity contribution in [2.24, 2.45) is 0 Å². The molecule has 0 amide bonds. The lowest BCUT2D eigenvalue weighted by Crippen LogP contribution is -2.28. The Balaban J connectivity index is 1.97. The van der Waals surface area contributed by atoms with Crippen LogP contribution in [0.4, 0.5) is 0 Å². The third kappa shape index (κ3) is 3.25. The van der Waals surface area contributed by atoms with Gasteiger partial charge < -0.3 is 9.72 Å². The summed E-state index contributed by atoms with van der Waals surface area (Å²) < 4.78 is 5.48. The number of aromatic amines is 1. The van der Waals surface area contributed by atoms with Gasteiger partial charge in [-0.1, -0.05) is 29.4 Å². The Labute approximate surface area is 134 Å².